The van der Waals surface area contributed by atoms with Gasteiger partial charge in [0, 0.05) is 12.6 Å². The van der Waals surface area contributed by atoms with Gasteiger partial charge in [-0.25, -0.2) is 10.1 Å². The number of nitrogens with two attached hydrogens (primary N) is 1. The maximum absolute atomic E-state index is 12.6. The first-order chi connectivity index (χ1) is 11.9. The number of fused-ring (bicyclic) bond motifs is 1. The lowest BCUT2D eigenvalue weighted by atomic mass is 10.0. The Morgan fingerprint density at radius 1 is 1.20 bits per heavy atom. The molecule has 5 N–H and O–H groups in total. The van der Waals surface area contributed by atoms with Gasteiger partial charge in [0.1, 0.15) is 12.0 Å². The van der Waals surface area contributed by atoms with Gasteiger partial charge in [-0.15, -0.1) is 0 Å². The summed E-state index contributed by atoms with van der Waals surface area (Å²) < 4.78 is 1.61. The summed E-state index contributed by atoms with van der Waals surface area (Å²) in [6, 6.07) is 8.07. The number of rotatable bonds is 2. The second-order valence-electron chi connectivity index (χ2n) is 6.79. The van der Waals surface area contributed by atoms with Crippen LogP contribution in [0.3, 0.4) is 0 Å². The molecule has 2 aliphatic rings. The van der Waals surface area contributed by atoms with Gasteiger partial charge in [-0.1, -0.05) is 6.07 Å². The lowest BCUT2D eigenvalue weighted by molar-refractivity contribution is -0.129. The summed E-state index contributed by atoms with van der Waals surface area (Å²) in [5.41, 5.74) is 13.6. The Hall–Kier alpha value is -2.58. The van der Waals surface area contributed by atoms with E-state index in [1.54, 1.807) is 10.7 Å². The molecule has 0 aliphatic carbocycles. The Kier molecular flexibility index (Phi) is 3.66. The van der Waals surface area contributed by atoms with E-state index in [9.17, 15) is 4.79 Å². The third-order valence-electron chi connectivity index (χ3n) is 4.99. The molecule has 3 unspecified atom stereocenters. The molecule has 8 heteroatoms. The van der Waals surface area contributed by atoms with Crippen molar-refractivity contribution in [3.63, 3.8) is 0 Å². The summed E-state index contributed by atoms with van der Waals surface area (Å²) in [6.07, 6.45) is -0.652. The smallest absolute Gasteiger partial charge is 0.230 e. The van der Waals surface area contributed by atoms with E-state index in [1.165, 1.54) is 11.1 Å². The lowest BCUT2D eigenvalue weighted by Crippen LogP contribution is -2.61. The van der Waals surface area contributed by atoms with E-state index in [2.05, 4.69) is 53.2 Å². The number of aryl methyl sites for hydroxylation is 3. The van der Waals surface area contributed by atoms with E-state index < -0.39 is 6.29 Å². The lowest BCUT2D eigenvalue weighted by Gasteiger charge is -2.37. The second kappa shape index (κ2) is 5.75. The zero-order valence-corrected chi connectivity index (χ0v) is 14.6. The quantitative estimate of drug-likeness (QED) is 0.636. The fourth-order valence-corrected chi connectivity index (χ4v) is 3.46. The molecule has 2 aliphatic heterocycles. The van der Waals surface area contributed by atoms with Crippen LogP contribution in [0.25, 0.3) is 0 Å². The van der Waals surface area contributed by atoms with Gasteiger partial charge < -0.3 is 11.1 Å². The zero-order valence-electron chi connectivity index (χ0n) is 14.6. The van der Waals surface area contributed by atoms with Crippen LogP contribution in [-0.4, -0.2) is 28.4 Å². The number of carbonyl (C=O) groups excluding carboxylic acids is 1. The number of hydrogen-bond acceptors (Lipinski definition) is 6. The van der Waals surface area contributed by atoms with Crippen LogP contribution in [0.5, 0.6) is 0 Å². The molecule has 0 spiro atoms. The third-order valence-corrected chi connectivity index (χ3v) is 4.99. The van der Waals surface area contributed by atoms with Gasteiger partial charge in [0.25, 0.3) is 0 Å². The average Bonchev–Trinajstić information content (AvgIpc) is 3.13. The van der Waals surface area contributed by atoms with Crippen LogP contribution >= 0.6 is 0 Å². The molecule has 4 rings (SSSR count). The number of nitrogens with one attached hydrogen (secondary N) is 3. The predicted octanol–water partition coefficient (Wildman–Crippen LogP) is 0.533. The Morgan fingerprint density at radius 2 is 2.00 bits per heavy atom. The zero-order chi connectivity index (χ0) is 17.7. The summed E-state index contributed by atoms with van der Waals surface area (Å²) in [7, 11) is 0. The van der Waals surface area contributed by atoms with Gasteiger partial charge >= 0.3 is 0 Å². The standard InChI is InChI=1S/C17H23N7O/c1-9-4-5-12(6-10(9)2)23-15-13(8-19-23)16(25)21-17(20-15)24-14(18)7-11(3)22-24/h4-7,13,15,17,19-20H,8,18H2,1-3H3,(H,21,25). The van der Waals surface area contributed by atoms with Crippen LogP contribution in [0.15, 0.2) is 24.3 Å². The third kappa shape index (κ3) is 2.63. The van der Waals surface area contributed by atoms with E-state index in [1.807, 2.05) is 11.9 Å². The molecule has 3 heterocycles. The predicted molar refractivity (Wildman–Crippen MR) is 95.4 cm³/mol. The molecule has 8 nitrogen and oxygen atoms in total. The van der Waals surface area contributed by atoms with Gasteiger partial charge in [-0.3, -0.25) is 15.1 Å². The van der Waals surface area contributed by atoms with E-state index in [4.69, 9.17) is 5.73 Å². The first-order valence-corrected chi connectivity index (χ1v) is 8.42. The van der Waals surface area contributed by atoms with E-state index >= 15 is 0 Å². The molecular weight excluding hydrogens is 318 g/mol. The number of carbonyl (C=O) groups is 1. The van der Waals surface area contributed by atoms with Gasteiger partial charge in [-0.2, -0.15) is 5.10 Å². The molecule has 0 radical (unpaired) electrons. The number of nitrogen functional groups attached to an aromatic ring is 1. The number of anilines is 2. The van der Waals surface area contributed by atoms with Crippen molar-refractivity contribution in [2.24, 2.45) is 5.92 Å². The molecule has 1 aromatic heterocycles. The molecular formula is C17H23N7O. The highest BCUT2D eigenvalue weighted by molar-refractivity contribution is 5.82. The van der Waals surface area contributed by atoms with Crippen molar-refractivity contribution in [1.29, 1.82) is 0 Å². The number of amides is 1. The summed E-state index contributed by atoms with van der Waals surface area (Å²) in [6.45, 7) is 6.63. The van der Waals surface area contributed by atoms with Crippen LogP contribution < -0.4 is 26.8 Å². The van der Waals surface area contributed by atoms with Crippen molar-refractivity contribution in [2.45, 2.75) is 33.2 Å². The highest BCUT2D eigenvalue weighted by atomic mass is 16.2. The minimum Gasteiger partial charge on any atom is -0.384 e. The van der Waals surface area contributed by atoms with Gasteiger partial charge in [0.05, 0.1) is 17.3 Å². The van der Waals surface area contributed by atoms with Crippen molar-refractivity contribution >= 4 is 17.4 Å². The van der Waals surface area contributed by atoms with Crippen molar-refractivity contribution < 1.29 is 4.79 Å². The maximum Gasteiger partial charge on any atom is 0.230 e. The highest BCUT2D eigenvalue weighted by Gasteiger charge is 2.45. The monoisotopic (exact) mass is 341 g/mol. The van der Waals surface area contributed by atoms with E-state index in [0.29, 0.717) is 12.4 Å². The minimum absolute atomic E-state index is 0.0138. The van der Waals surface area contributed by atoms with Gasteiger partial charge in [-0.05, 0) is 44.0 Å². The van der Waals surface area contributed by atoms with Crippen molar-refractivity contribution in [3.8, 4) is 0 Å². The maximum atomic E-state index is 12.6. The first-order valence-electron chi connectivity index (χ1n) is 8.42. The van der Waals surface area contributed by atoms with E-state index in [-0.39, 0.29) is 18.0 Å². The second-order valence-corrected chi connectivity index (χ2v) is 6.79. The van der Waals surface area contributed by atoms with Gasteiger partial charge in [0.15, 0.2) is 6.29 Å². The van der Waals surface area contributed by atoms with Crippen LogP contribution in [-0.2, 0) is 4.79 Å². The summed E-state index contributed by atoms with van der Waals surface area (Å²) in [4.78, 5) is 12.6. The van der Waals surface area contributed by atoms with Crippen molar-refractivity contribution in [3.05, 3.63) is 41.1 Å². The number of aromatic nitrogens is 2. The molecule has 1 aromatic carbocycles. The Morgan fingerprint density at radius 3 is 2.68 bits per heavy atom. The molecule has 1 amide bonds. The molecule has 2 aromatic rings. The Balaban J connectivity index is 1.64. The van der Waals surface area contributed by atoms with Gasteiger partial charge in [0.2, 0.25) is 5.91 Å². The SMILES string of the molecule is Cc1cc(N)n(C2NC(=O)C3CNN(c4ccc(C)c(C)c4)C3N2)n1. The number of hydrazine groups is 1. The molecule has 2 saturated heterocycles. The average molecular weight is 341 g/mol. The fraction of sp³-hybridized carbons (Fsp3) is 0.412. The van der Waals surface area contributed by atoms with Crippen LogP contribution in [0.4, 0.5) is 11.5 Å². The Bertz CT molecular complexity index is 830. The Labute approximate surface area is 146 Å². The number of nitrogens with zero attached hydrogens (tertiary/aromatic N) is 3. The van der Waals surface area contributed by atoms with Crippen molar-refractivity contribution in [2.75, 3.05) is 17.3 Å². The normalized spacial score (nSPS) is 25.8. The molecule has 2 fully saturated rings. The fourth-order valence-electron chi connectivity index (χ4n) is 3.46. The minimum atomic E-state index is -0.476. The molecule has 0 bridgehead atoms. The first kappa shape index (κ1) is 15.9. The summed E-state index contributed by atoms with van der Waals surface area (Å²) in [5, 5.41) is 12.8. The van der Waals surface area contributed by atoms with Crippen molar-refractivity contribution in [1.82, 2.24) is 25.8 Å². The number of benzene rings is 1. The topological polar surface area (TPSA) is 100 Å². The largest absolute Gasteiger partial charge is 0.384 e. The summed E-state index contributed by atoms with van der Waals surface area (Å²) >= 11 is 0. The number of hydrogen-bond donors (Lipinski definition) is 4. The molecule has 25 heavy (non-hydrogen) atoms. The highest BCUT2D eigenvalue weighted by Crippen LogP contribution is 2.28. The van der Waals surface area contributed by atoms with E-state index in [0.717, 1.165) is 11.4 Å². The van der Waals surface area contributed by atoms with Crippen LogP contribution in [0.2, 0.25) is 0 Å². The van der Waals surface area contributed by atoms with Crippen LogP contribution in [0.1, 0.15) is 23.1 Å². The molecule has 0 saturated carbocycles. The summed E-state index contributed by atoms with van der Waals surface area (Å²) in [5.74, 6) is 0.313. The van der Waals surface area contributed by atoms with Crippen LogP contribution in [0, 0.1) is 26.7 Å². The molecule has 132 valence electrons. The molecule has 3 atom stereocenters.